The van der Waals surface area contributed by atoms with E-state index in [4.69, 9.17) is 23.2 Å². The van der Waals surface area contributed by atoms with Crippen LogP contribution in [0.1, 0.15) is 11.8 Å². The second kappa shape index (κ2) is 6.98. The third-order valence-corrected chi connectivity index (χ3v) is 6.32. The minimum atomic E-state index is -3.61. The van der Waals surface area contributed by atoms with Gasteiger partial charge >= 0.3 is 0 Å². The number of sulfonamides is 1. The molecule has 0 saturated carbocycles. The largest absolute Gasteiger partial charge is 0.312 e. The van der Waals surface area contributed by atoms with Gasteiger partial charge in [-0.1, -0.05) is 30.1 Å². The lowest BCUT2D eigenvalue weighted by molar-refractivity contribution is 0.603. The molecule has 0 saturated heterocycles. The van der Waals surface area contributed by atoms with Crippen LogP contribution in [0.25, 0.3) is 0 Å². The molecule has 1 aromatic carbocycles. The van der Waals surface area contributed by atoms with Gasteiger partial charge < -0.3 is 5.32 Å². The van der Waals surface area contributed by atoms with Crippen molar-refractivity contribution in [3.8, 4) is 0 Å². The van der Waals surface area contributed by atoms with Crippen molar-refractivity contribution in [1.82, 2.24) is 5.32 Å². The van der Waals surface area contributed by atoms with Gasteiger partial charge in [0.15, 0.2) is 0 Å². The Morgan fingerprint density at radius 2 is 1.90 bits per heavy atom. The summed E-state index contributed by atoms with van der Waals surface area (Å²) in [6.45, 7) is 3.49. The molecular formula is C13H14Cl2N2O2S2. The van der Waals surface area contributed by atoms with Gasteiger partial charge in [0.05, 0.1) is 15.7 Å². The average Bonchev–Trinajstić information content (AvgIpc) is 2.90. The predicted molar refractivity (Wildman–Crippen MR) is 89.0 cm³/mol. The number of hydrogen-bond acceptors (Lipinski definition) is 4. The predicted octanol–water partition coefficient (Wildman–Crippen LogP) is 3.97. The van der Waals surface area contributed by atoms with Crippen LogP contribution in [0.5, 0.6) is 0 Å². The zero-order valence-corrected chi connectivity index (χ0v) is 14.3. The van der Waals surface area contributed by atoms with Crippen LogP contribution in [0, 0.1) is 0 Å². The van der Waals surface area contributed by atoms with Gasteiger partial charge in [0.2, 0.25) is 0 Å². The van der Waals surface area contributed by atoms with Gasteiger partial charge in [-0.15, -0.1) is 11.3 Å². The molecule has 114 valence electrons. The number of rotatable bonds is 6. The number of benzene rings is 1. The molecule has 0 amide bonds. The van der Waals surface area contributed by atoms with E-state index in [1.54, 1.807) is 24.3 Å². The monoisotopic (exact) mass is 364 g/mol. The van der Waals surface area contributed by atoms with Crippen LogP contribution in [0.2, 0.25) is 10.0 Å². The van der Waals surface area contributed by atoms with Crippen molar-refractivity contribution in [3.05, 3.63) is 45.3 Å². The fourth-order valence-corrected chi connectivity index (χ4v) is 4.28. The number of thiophene rings is 1. The van der Waals surface area contributed by atoms with Gasteiger partial charge in [-0.25, -0.2) is 8.42 Å². The first kappa shape index (κ1) is 16.6. The Morgan fingerprint density at radius 1 is 1.14 bits per heavy atom. The summed E-state index contributed by atoms with van der Waals surface area (Å²) in [6.07, 6.45) is 0. The van der Waals surface area contributed by atoms with Crippen LogP contribution in [0.15, 0.2) is 34.5 Å². The summed E-state index contributed by atoms with van der Waals surface area (Å²) in [5, 5.41) is 3.84. The van der Waals surface area contributed by atoms with E-state index in [0.717, 1.165) is 11.4 Å². The minimum Gasteiger partial charge on any atom is -0.312 e. The lowest BCUT2D eigenvalue weighted by Gasteiger charge is -2.07. The van der Waals surface area contributed by atoms with E-state index in [1.165, 1.54) is 17.4 Å². The standard InChI is InChI=1S/C13H14Cl2N2O2S2/c1-2-16-8-10-4-6-13(20-10)21(18,19)17-9-3-5-11(14)12(15)7-9/h3-7,16-17H,2,8H2,1H3. The average molecular weight is 365 g/mol. The van der Waals surface area contributed by atoms with Gasteiger partial charge in [0.25, 0.3) is 10.0 Å². The molecule has 0 spiro atoms. The summed E-state index contributed by atoms with van der Waals surface area (Å²) < 4.78 is 27.3. The number of anilines is 1. The van der Waals surface area contributed by atoms with Crippen LogP contribution in [-0.2, 0) is 16.6 Å². The first-order valence-corrected chi connectivity index (χ1v) is 9.25. The van der Waals surface area contributed by atoms with Crippen molar-refractivity contribution in [2.75, 3.05) is 11.3 Å². The topological polar surface area (TPSA) is 58.2 Å². The lowest BCUT2D eigenvalue weighted by atomic mass is 10.3. The van der Waals surface area contributed by atoms with E-state index in [2.05, 4.69) is 10.0 Å². The number of nitrogens with one attached hydrogen (secondary N) is 2. The van der Waals surface area contributed by atoms with Crippen LogP contribution < -0.4 is 10.0 Å². The highest BCUT2D eigenvalue weighted by Crippen LogP contribution is 2.28. The van der Waals surface area contributed by atoms with E-state index in [1.807, 2.05) is 6.92 Å². The highest BCUT2D eigenvalue weighted by molar-refractivity contribution is 7.94. The van der Waals surface area contributed by atoms with Gasteiger partial charge in [0, 0.05) is 11.4 Å². The molecule has 0 bridgehead atoms. The van der Waals surface area contributed by atoms with Crippen molar-refractivity contribution < 1.29 is 8.42 Å². The smallest absolute Gasteiger partial charge is 0.271 e. The molecule has 0 fully saturated rings. The van der Waals surface area contributed by atoms with Gasteiger partial charge in [-0.3, -0.25) is 4.72 Å². The van der Waals surface area contributed by atoms with Crippen LogP contribution in [0.4, 0.5) is 5.69 Å². The molecule has 0 aliphatic heterocycles. The first-order chi connectivity index (χ1) is 9.92. The Bertz CT molecular complexity index is 730. The molecule has 0 aliphatic carbocycles. The molecular weight excluding hydrogens is 351 g/mol. The molecule has 1 aromatic heterocycles. The Morgan fingerprint density at radius 3 is 2.57 bits per heavy atom. The van der Waals surface area contributed by atoms with E-state index >= 15 is 0 Å². The summed E-state index contributed by atoms with van der Waals surface area (Å²) in [7, 11) is -3.61. The molecule has 2 rings (SSSR count). The second-order valence-corrected chi connectivity index (χ2v) is 8.13. The Balaban J connectivity index is 2.17. The van der Waals surface area contributed by atoms with Crippen molar-refractivity contribution in [3.63, 3.8) is 0 Å². The van der Waals surface area contributed by atoms with E-state index < -0.39 is 10.0 Å². The Kier molecular flexibility index (Phi) is 5.51. The van der Waals surface area contributed by atoms with Crippen molar-refractivity contribution in [2.45, 2.75) is 17.7 Å². The van der Waals surface area contributed by atoms with Crippen LogP contribution in [-0.4, -0.2) is 15.0 Å². The van der Waals surface area contributed by atoms with Crippen LogP contribution in [0.3, 0.4) is 0 Å². The van der Waals surface area contributed by atoms with Crippen molar-refractivity contribution in [1.29, 1.82) is 0 Å². The van der Waals surface area contributed by atoms with E-state index in [0.29, 0.717) is 22.3 Å². The molecule has 2 N–H and O–H groups in total. The van der Waals surface area contributed by atoms with Crippen LogP contribution >= 0.6 is 34.5 Å². The summed E-state index contributed by atoms with van der Waals surface area (Å²) in [6, 6.07) is 7.99. The molecule has 21 heavy (non-hydrogen) atoms. The molecule has 8 heteroatoms. The van der Waals surface area contributed by atoms with Gasteiger partial charge in [0.1, 0.15) is 4.21 Å². The highest BCUT2D eigenvalue weighted by Gasteiger charge is 2.17. The number of halogens is 2. The van der Waals surface area contributed by atoms with Crippen molar-refractivity contribution >= 4 is 50.2 Å². The summed E-state index contributed by atoms with van der Waals surface area (Å²) in [4.78, 5) is 0.964. The SMILES string of the molecule is CCNCc1ccc(S(=O)(=O)Nc2ccc(Cl)c(Cl)c2)s1. The number of hydrogen-bond donors (Lipinski definition) is 2. The summed E-state index contributed by atoms with van der Waals surface area (Å²) in [5.41, 5.74) is 0.381. The zero-order valence-electron chi connectivity index (χ0n) is 11.2. The summed E-state index contributed by atoms with van der Waals surface area (Å²) >= 11 is 12.9. The van der Waals surface area contributed by atoms with Gasteiger partial charge in [-0.2, -0.15) is 0 Å². The Hall–Kier alpha value is -0.790. The maximum absolute atomic E-state index is 12.3. The first-order valence-electron chi connectivity index (χ1n) is 6.19. The lowest BCUT2D eigenvalue weighted by Crippen LogP contribution is -2.11. The fourth-order valence-electron chi connectivity index (χ4n) is 1.61. The summed E-state index contributed by atoms with van der Waals surface area (Å²) in [5.74, 6) is 0. The van der Waals surface area contributed by atoms with Crippen molar-refractivity contribution in [2.24, 2.45) is 0 Å². The quantitative estimate of drug-likeness (QED) is 0.815. The Labute approximate surface area is 138 Å². The molecule has 0 radical (unpaired) electrons. The molecule has 1 heterocycles. The minimum absolute atomic E-state index is 0.265. The maximum Gasteiger partial charge on any atom is 0.271 e. The fraction of sp³-hybridized carbons (Fsp3) is 0.231. The third kappa shape index (κ3) is 4.34. The normalized spacial score (nSPS) is 11.6. The maximum atomic E-state index is 12.3. The molecule has 0 aliphatic rings. The zero-order chi connectivity index (χ0) is 15.5. The van der Waals surface area contributed by atoms with E-state index in [9.17, 15) is 8.42 Å². The third-order valence-electron chi connectivity index (χ3n) is 2.62. The van der Waals surface area contributed by atoms with Gasteiger partial charge in [-0.05, 0) is 36.9 Å². The molecule has 0 unspecified atom stereocenters. The molecule has 4 nitrogen and oxygen atoms in total. The van der Waals surface area contributed by atoms with E-state index in [-0.39, 0.29) is 4.21 Å². The molecule has 2 aromatic rings. The second-order valence-electron chi connectivity index (χ2n) is 4.24. The highest BCUT2D eigenvalue weighted by atomic mass is 35.5. The molecule has 0 atom stereocenters.